The van der Waals surface area contributed by atoms with Crippen molar-refractivity contribution in [1.29, 1.82) is 0 Å². The Morgan fingerprint density at radius 2 is 1.74 bits per heavy atom. The van der Waals surface area contributed by atoms with Crippen LogP contribution in [0.25, 0.3) is 6.08 Å². The van der Waals surface area contributed by atoms with Gasteiger partial charge in [0.25, 0.3) is 0 Å². The van der Waals surface area contributed by atoms with Crippen LogP contribution < -0.4 is 5.73 Å². The second-order valence-electron chi connectivity index (χ2n) is 5.29. The molecular weight excluding hydrogens is 230 g/mol. The van der Waals surface area contributed by atoms with E-state index in [2.05, 4.69) is 61.5 Å². The first kappa shape index (κ1) is 12.2. The van der Waals surface area contributed by atoms with Crippen molar-refractivity contribution in [3.8, 4) is 0 Å². The molecule has 2 N–H and O–H groups in total. The van der Waals surface area contributed by atoms with Crippen LogP contribution in [0.5, 0.6) is 0 Å². The van der Waals surface area contributed by atoms with E-state index >= 15 is 0 Å². The zero-order valence-electron chi connectivity index (χ0n) is 11.3. The Balaban J connectivity index is 1.93. The third-order valence-corrected chi connectivity index (χ3v) is 3.84. The van der Waals surface area contributed by atoms with Gasteiger partial charge in [0.05, 0.1) is 6.04 Å². The summed E-state index contributed by atoms with van der Waals surface area (Å²) in [7, 11) is 0. The molecule has 0 aliphatic heterocycles. The van der Waals surface area contributed by atoms with E-state index in [0.717, 1.165) is 12.8 Å². The average molecular weight is 249 g/mol. The maximum Gasteiger partial charge on any atom is 0.0551 e. The molecule has 1 heteroatoms. The molecule has 1 nitrogen and oxygen atoms in total. The first-order valence-corrected chi connectivity index (χ1v) is 6.85. The summed E-state index contributed by atoms with van der Waals surface area (Å²) in [5.41, 5.74) is 12.8. The standard InChI is InChI=1S/C18H19N/c1-13-6-8-15(9-7-13)18(19)17-11-10-14-4-2-3-5-16(14)12-17/h2,4,6-12,18H,3,5,19H2,1H3. The van der Waals surface area contributed by atoms with Gasteiger partial charge in [-0.25, -0.2) is 0 Å². The summed E-state index contributed by atoms with van der Waals surface area (Å²) in [6.07, 6.45) is 6.71. The minimum Gasteiger partial charge on any atom is -0.320 e. The quantitative estimate of drug-likeness (QED) is 0.855. The van der Waals surface area contributed by atoms with E-state index in [1.165, 1.54) is 27.8 Å². The fourth-order valence-corrected chi connectivity index (χ4v) is 2.61. The van der Waals surface area contributed by atoms with Crippen LogP contribution in [0.3, 0.4) is 0 Å². The fraction of sp³-hybridized carbons (Fsp3) is 0.222. The van der Waals surface area contributed by atoms with Gasteiger partial charge in [-0.05, 0) is 42.0 Å². The molecule has 0 spiro atoms. The number of hydrogen-bond donors (Lipinski definition) is 1. The van der Waals surface area contributed by atoms with Crippen LogP contribution in [0.4, 0.5) is 0 Å². The van der Waals surface area contributed by atoms with Gasteiger partial charge in [-0.15, -0.1) is 0 Å². The molecule has 0 saturated heterocycles. The molecule has 96 valence electrons. The highest BCUT2D eigenvalue weighted by molar-refractivity contribution is 5.57. The summed E-state index contributed by atoms with van der Waals surface area (Å²) < 4.78 is 0. The van der Waals surface area contributed by atoms with Crippen LogP contribution in [0.2, 0.25) is 0 Å². The molecule has 0 heterocycles. The summed E-state index contributed by atoms with van der Waals surface area (Å²) in [6, 6.07) is 15.1. The third-order valence-electron chi connectivity index (χ3n) is 3.84. The van der Waals surface area contributed by atoms with Gasteiger partial charge in [-0.3, -0.25) is 0 Å². The molecule has 2 aromatic rings. The second kappa shape index (κ2) is 5.02. The molecule has 1 atom stereocenters. The van der Waals surface area contributed by atoms with Crippen molar-refractivity contribution >= 4 is 6.08 Å². The van der Waals surface area contributed by atoms with Crippen LogP contribution in [0.1, 0.15) is 40.3 Å². The minimum absolute atomic E-state index is 0.0307. The fourth-order valence-electron chi connectivity index (χ4n) is 2.61. The summed E-state index contributed by atoms with van der Waals surface area (Å²) >= 11 is 0. The Labute approximate surface area is 114 Å². The van der Waals surface area contributed by atoms with Crippen molar-refractivity contribution in [2.45, 2.75) is 25.8 Å². The van der Waals surface area contributed by atoms with E-state index in [-0.39, 0.29) is 6.04 Å². The largest absolute Gasteiger partial charge is 0.320 e. The van der Waals surface area contributed by atoms with E-state index in [9.17, 15) is 0 Å². The molecule has 1 unspecified atom stereocenters. The third kappa shape index (κ3) is 2.47. The Morgan fingerprint density at radius 3 is 2.53 bits per heavy atom. The number of nitrogens with two attached hydrogens (primary N) is 1. The minimum atomic E-state index is -0.0307. The van der Waals surface area contributed by atoms with E-state index in [4.69, 9.17) is 5.73 Å². The monoisotopic (exact) mass is 249 g/mol. The molecule has 1 aliphatic carbocycles. The molecule has 0 amide bonds. The van der Waals surface area contributed by atoms with Gasteiger partial charge in [-0.1, -0.05) is 60.2 Å². The van der Waals surface area contributed by atoms with Gasteiger partial charge >= 0.3 is 0 Å². The van der Waals surface area contributed by atoms with Crippen molar-refractivity contribution in [3.63, 3.8) is 0 Å². The van der Waals surface area contributed by atoms with E-state index in [1.807, 2.05) is 0 Å². The molecule has 3 rings (SSSR count). The number of allylic oxidation sites excluding steroid dienone is 1. The normalized spacial score (nSPS) is 15.1. The van der Waals surface area contributed by atoms with Gasteiger partial charge in [-0.2, -0.15) is 0 Å². The zero-order valence-corrected chi connectivity index (χ0v) is 11.3. The van der Waals surface area contributed by atoms with Crippen LogP contribution in [-0.2, 0) is 6.42 Å². The van der Waals surface area contributed by atoms with Crippen molar-refractivity contribution in [3.05, 3.63) is 76.4 Å². The second-order valence-corrected chi connectivity index (χ2v) is 5.29. The Kier molecular flexibility index (Phi) is 3.22. The van der Waals surface area contributed by atoms with Crippen molar-refractivity contribution in [1.82, 2.24) is 0 Å². The number of aryl methyl sites for hydroxylation is 2. The van der Waals surface area contributed by atoms with Crippen LogP contribution >= 0.6 is 0 Å². The van der Waals surface area contributed by atoms with Crippen molar-refractivity contribution in [2.75, 3.05) is 0 Å². The first-order chi connectivity index (χ1) is 9.24. The summed E-state index contributed by atoms with van der Waals surface area (Å²) in [6.45, 7) is 2.10. The van der Waals surface area contributed by atoms with E-state index in [1.54, 1.807) is 0 Å². The molecular formula is C18H19N. The van der Waals surface area contributed by atoms with E-state index in [0.29, 0.717) is 0 Å². The van der Waals surface area contributed by atoms with Crippen LogP contribution in [0.15, 0.2) is 48.5 Å². The molecule has 0 aromatic heterocycles. The summed E-state index contributed by atoms with van der Waals surface area (Å²) in [5, 5.41) is 0. The predicted molar refractivity (Wildman–Crippen MR) is 81.0 cm³/mol. The van der Waals surface area contributed by atoms with Crippen molar-refractivity contribution in [2.24, 2.45) is 5.73 Å². The van der Waals surface area contributed by atoms with E-state index < -0.39 is 0 Å². The lowest BCUT2D eigenvalue weighted by atomic mass is 9.91. The van der Waals surface area contributed by atoms with Crippen LogP contribution in [0, 0.1) is 6.92 Å². The smallest absolute Gasteiger partial charge is 0.0551 e. The molecule has 0 fully saturated rings. The number of rotatable bonds is 2. The highest BCUT2D eigenvalue weighted by Gasteiger charge is 2.11. The Bertz CT molecular complexity index is 608. The maximum absolute atomic E-state index is 6.38. The Hall–Kier alpha value is -1.86. The van der Waals surface area contributed by atoms with Gasteiger partial charge in [0.2, 0.25) is 0 Å². The SMILES string of the molecule is Cc1ccc(C(N)c2ccc3c(c2)CCC=C3)cc1. The highest BCUT2D eigenvalue weighted by Crippen LogP contribution is 2.26. The molecule has 2 aromatic carbocycles. The lowest BCUT2D eigenvalue weighted by Crippen LogP contribution is -2.12. The summed E-state index contributed by atoms with van der Waals surface area (Å²) in [5.74, 6) is 0. The van der Waals surface area contributed by atoms with Gasteiger partial charge in [0.15, 0.2) is 0 Å². The highest BCUT2D eigenvalue weighted by atomic mass is 14.6. The van der Waals surface area contributed by atoms with Gasteiger partial charge in [0.1, 0.15) is 0 Å². The molecule has 0 radical (unpaired) electrons. The maximum atomic E-state index is 6.38. The molecule has 0 bridgehead atoms. The van der Waals surface area contributed by atoms with Crippen LogP contribution in [-0.4, -0.2) is 0 Å². The summed E-state index contributed by atoms with van der Waals surface area (Å²) in [4.78, 5) is 0. The van der Waals surface area contributed by atoms with Crippen molar-refractivity contribution < 1.29 is 0 Å². The zero-order chi connectivity index (χ0) is 13.2. The van der Waals surface area contributed by atoms with Gasteiger partial charge < -0.3 is 5.73 Å². The number of fused-ring (bicyclic) bond motifs is 1. The Morgan fingerprint density at radius 1 is 1.00 bits per heavy atom. The number of benzene rings is 2. The lowest BCUT2D eigenvalue weighted by molar-refractivity contribution is 0.862. The lowest BCUT2D eigenvalue weighted by Gasteiger charge is -2.17. The average Bonchev–Trinajstić information content (AvgIpc) is 2.47. The molecule has 0 saturated carbocycles. The molecule has 1 aliphatic rings. The number of hydrogen-bond acceptors (Lipinski definition) is 1. The van der Waals surface area contributed by atoms with Gasteiger partial charge in [0, 0.05) is 0 Å². The predicted octanol–water partition coefficient (Wildman–Crippen LogP) is 4.00. The topological polar surface area (TPSA) is 26.0 Å². The molecule has 19 heavy (non-hydrogen) atoms. The first-order valence-electron chi connectivity index (χ1n) is 6.85.